The van der Waals surface area contributed by atoms with Gasteiger partial charge < -0.3 is 4.42 Å². The number of para-hydroxylation sites is 1. The van der Waals surface area contributed by atoms with Crippen LogP contribution >= 0.6 is 11.3 Å². The van der Waals surface area contributed by atoms with Crippen LogP contribution < -0.4 is 4.90 Å². The normalized spacial score (nSPS) is 15.4. The molecule has 0 N–H and O–H groups in total. The number of rotatable bonds is 7. The lowest BCUT2D eigenvalue weighted by Gasteiger charge is -2.32. The van der Waals surface area contributed by atoms with Crippen LogP contribution in [0.5, 0.6) is 0 Å². The maximum atomic E-state index is 14.2. The van der Waals surface area contributed by atoms with Crippen molar-refractivity contribution in [3.63, 3.8) is 0 Å². The number of furan rings is 1. The summed E-state index contributed by atoms with van der Waals surface area (Å²) < 4.78 is 47.9. The number of aryl methyl sites for hydroxylation is 1. The minimum absolute atomic E-state index is 0.119. The molecule has 0 bridgehead atoms. The molecule has 0 saturated carbocycles. The van der Waals surface area contributed by atoms with Gasteiger partial charge in [-0.1, -0.05) is 42.5 Å². The molecule has 36 heavy (non-hydrogen) atoms. The Morgan fingerprint density at radius 1 is 1.14 bits per heavy atom. The Hall–Kier alpha value is -3.08. The Labute approximate surface area is 213 Å². The minimum atomic E-state index is -3.97. The van der Waals surface area contributed by atoms with Crippen molar-refractivity contribution in [3.8, 4) is 0 Å². The van der Waals surface area contributed by atoms with Crippen LogP contribution in [0.4, 0.5) is 9.52 Å². The molecule has 1 aliphatic heterocycles. The van der Waals surface area contributed by atoms with Crippen LogP contribution in [0.3, 0.4) is 0 Å². The first-order valence-electron chi connectivity index (χ1n) is 11.9. The number of benzene rings is 2. The molecule has 2 aromatic carbocycles. The zero-order valence-electron chi connectivity index (χ0n) is 19.8. The number of anilines is 1. The summed E-state index contributed by atoms with van der Waals surface area (Å²) in [5.74, 6) is -0.642. The largest absolute Gasteiger partial charge is 0.467 e. The molecule has 0 spiro atoms. The van der Waals surface area contributed by atoms with E-state index in [1.165, 1.54) is 33.8 Å². The third-order valence-electron chi connectivity index (χ3n) is 6.52. The molecule has 5 rings (SSSR count). The fraction of sp³-hybridized carbons (Fsp3) is 0.308. The fourth-order valence-corrected chi connectivity index (χ4v) is 7.10. The number of hydrogen-bond acceptors (Lipinski definition) is 6. The van der Waals surface area contributed by atoms with Crippen LogP contribution in [0.25, 0.3) is 10.2 Å². The Bertz CT molecular complexity index is 1480. The van der Waals surface area contributed by atoms with Crippen LogP contribution in [0.1, 0.15) is 31.1 Å². The van der Waals surface area contributed by atoms with E-state index in [4.69, 9.17) is 9.40 Å². The Balaban J connectivity index is 1.38. The highest BCUT2D eigenvalue weighted by atomic mass is 32.2. The molecule has 1 aliphatic rings. The molecule has 188 valence electrons. The lowest BCUT2D eigenvalue weighted by molar-refractivity contribution is -0.123. The van der Waals surface area contributed by atoms with Crippen LogP contribution in [0.15, 0.2) is 70.2 Å². The number of carbonyl (C=O) groups excluding carboxylic acids is 1. The second-order valence-electron chi connectivity index (χ2n) is 8.73. The van der Waals surface area contributed by atoms with Gasteiger partial charge in [0.05, 0.1) is 23.0 Å². The summed E-state index contributed by atoms with van der Waals surface area (Å²) in [6, 6.07) is 15.0. The van der Waals surface area contributed by atoms with Crippen molar-refractivity contribution < 1.29 is 22.0 Å². The number of piperidine rings is 1. The van der Waals surface area contributed by atoms with Crippen molar-refractivity contribution >= 4 is 42.6 Å². The van der Waals surface area contributed by atoms with Gasteiger partial charge in [-0.05, 0) is 55.2 Å². The van der Waals surface area contributed by atoms with Crippen molar-refractivity contribution in [3.05, 3.63) is 78.0 Å². The number of aromatic nitrogens is 1. The Kier molecular flexibility index (Phi) is 6.92. The molecule has 3 heterocycles. The number of carbonyl (C=O) groups is 1. The first kappa shape index (κ1) is 24.6. The molecule has 10 heteroatoms. The molecule has 7 nitrogen and oxygen atoms in total. The van der Waals surface area contributed by atoms with Crippen LogP contribution in [-0.2, 0) is 27.8 Å². The lowest BCUT2D eigenvalue weighted by atomic mass is 9.96. The summed E-state index contributed by atoms with van der Waals surface area (Å²) in [6.07, 6.45) is 3.08. The van der Waals surface area contributed by atoms with Crippen LogP contribution in [0.2, 0.25) is 0 Å². The van der Waals surface area contributed by atoms with E-state index in [9.17, 15) is 17.6 Å². The highest BCUT2D eigenvalue weighted by molar-refractivity contribution is 7.89. The van der Waals surface area contributed by atoms with Gasteiger partial charge in [-0.2, -0.15) is 4.31 Å². The number of halogens is 1. The van der Waals surface area contributed by atoms with Crippen LogP contribution in [-0.4, -0.2) is 36.7 Å². The van der Waals surface area contributed by atoms with E-state index in [1.54, 1.807) is 17.2 Å². The SMILES string of the molecule is CCc1cccc2sc(N(Cc3ccco3)C(=O)C3CCN(S(=O)(=O)c4ccccc4F)CC3)nc12. The quantitative estimate of drug-likeness (QED) is 0.329. The lowest BCUT2D eigenvalue weighted by Crippen LogP contribution is -2.44. The predicted molar refractivity (Wildman–Crippen MR) is 137 cm³/mol. The van der Waals surface area contributed by atoms with Crippen molar-refractivity contribution in [1.82, 2.24) is 9.29 Å². The number of thiazole rings is 1. The number of fused-ring (bicyclic) bond motifs is 1. The topological polar surface area (TPSA) is 83.7 Å². The van der Waals surface area contributed by atoms with E-state index in [2.05, 4.69) is 6.92 Å². The zero-order valence-corrected chi connectivity index (χ0v) is 21.4. The van der Waals surface area contributed by atoms with Gasteiger partial charge >= 0.3 is 0 Å². The van der Waals surface area contributed by atoms with E-state index < -0.39 is 15.8 Å². The second-order valence-corrected chi connectivity index (χ2v) is 11.6. The van der Waals surface area contributed by atoms with Gasteiger partial charge in [0.15, 0.2) is 5.13 Å². The van der Waals surface area contributed by atoms with E-state index in [0.29, 0.717) is 23.7 Å². The van der Waals surface area contributed by atoms with Gasteiger partial charge in [-0.25, -0.2) is 17.8 Å². The van der Waals surface area contributed by atoms with Crippen molar-refractivity contribution in [1.29, 1.82) is 0 Å². The fourth-order valence-electron chi connectivity index (χ4n) is 4.55. The molecule has 4 aromatic rings. The highest BCUT2D eigenvalue weighted by Gasteiger charge is 2.36. The summed E-state index contributed by atoms with van der Waals surface area (Å²) in [4.78, 5) is 19.9. The summed E-state index contributed by atoms with van der Waals surface area (Å²) in [5.41, 5.74) is 2.01. The summed E-state index contributed by atoms with van der Waals surface area (Å²) in [6.45, 7) is 2.59. The van der Waals surface area contributed by atoms with E-state index in [0.717, 1.165) is 28.3 Å². The van der Waals surface area contributed by atoms with Crippen molar-refractivity contribution in [2.75, 3.05) is 18.0 Å². The minimum Gasteiger partial charge on any atom is -0.467 e. The molecule has 2 aromatic heterocycles. The Morgan fingerprint density at radius 3 is 2.61 bits per heavy atom. The maximum absolute atomic E-state index is 14.2. The summed E-state index contributed by atoms with van der Waals surface area (Å²) in [5, 5.41) is 0.591. The molecule has 0 radical (unpaired) electrons. The van der Waals surface area contributed by atoms with Crippen molar-refractivity contribution in [2.24, 2.45) is 5.92 Å². The third-order valence-corrected chi connectivity index (χ3v) is 9.50. The number of amides is 1. The second kappa shape index (κ2) is 10.1. The van der Waals surface area contributed by atoms with Crippen LogP contribution in [0, 0.1) is 11.7 Å². The van der Waals surface area contributed by atoms with Gasteiger partial charge in [0.1, 0.15) is 16.5 Å². The zero-order chi connectivity index (χ0) is 25.3. The molecule has 1 amide bonds. The molecule has 1 saturated heterocycles. The molecule has 0 aliphatic carbocycles. The van der Waals surface area contributed by atoms with Gasteiger partial charge in [0.25, 0.3) is 0 Å². The first-order valence-corrected chi connectivity index (χ1v) is 14.1. The molecule has 0 unspecified atom stereocenters. The summed E-state index contributed by atoms with van der Waals surface area (Å²) in [7, 11) is -3.97. The molecule has 0 atom stereocenters. The predicted octanol–water partition coefficient (Wildman–Crippen LogP) is 5.22. The standard InChI is InChI=1S/C26H26FN3O4S2/c1-2-18-7-5-10-22-24(18)28-26(35-22)30(17-20-8-6-16-34-20)25(31)19-12-14-29(15-13-19)36(32,33)23-11-4-3-9-21(23)27/h3-11,16,19H,2,12-15,17H2,1H3. The third kappa shape index (κ3) is 4.68. The molecular weight excluding hydrogens is 501 g/mol. The van der Waals surface area contributed by atoms with E-state index >= 15 is 0 Å². The van der Waals surface area contributed by atoms with Crippen molar-refractivity contribution in [2.45, 2.75) is 37.6 Å². The molecular formula is C26H26FN3O4S2. The number of sulfonamides is 1. The number of hydrogen-bond donors (Lipinski definition) is 0. The highest BCUT2D eigenvalue weighted by Crippen LogP contribution is 2.34. The first-order chi connectivity index (χ1) is 17.4. The average molecular weight is 528 g/mol. The maximum Gasteiger partial charge on any atom is 0.245 e. The van der Waals surface area contributed by atoms with Gasteiger partial charge in [-0.3, -0.25) is 9.69 Å². The molecule has 1 fully saturated rings. The van der Waals surface area contributed by atoms with E-state index in [1.807, 2.05) is 24.3 Å². The average Bonchev–Trinajstić information content (AvgIpc) is 3.57. The van der Waals surface area contributed by atoms with Gasteiger partial charge in [0, 0.05) is 19.0 Å². The smallest absolute Gasteiger partial charge is 0.245 e. The van der Waals surface area contributed by atoms with Gasteiger partial charge in [-0.15, -0.1) is 0 Å². The van der Waals surface area contributed by atoms with E-state index in [-0.39, 0.29) is 36.4 Å². The van der Waals surface area contributed by atoms with Gasteiger partial charge in [0.2, 0.25) is 15.9 Å². The number of nitrogens with zero attached hydrogens (tertiary/aromatic N) is 3. The monoisotopic (exact) mass is 527 g/mol. The Morgan fingerprint density at radius 2 is 1.92 bits per heavy atom. The summed E-state index contributed by atoms with van der Waals surface area (Å²) >= 11 is 1.46.